The first-order chi connectivity index (χ1) is 24.6. The van der Waals surface area contributed by atoms with E-state index in [1.165, 1.54) is 0 Å². The number of fused-ring (bicyclic) bond motifs is 1. The van der Waals surface area contributed by atoms with Crippen molar-refractivity contribution in [2.24, 2.45) is 0 Å². The number of hydrogen-bond donors (Lipinski definition) is 0. The number of rotatable bonds is 13. The summed E-state index contributed by atoms with van der Waals surface area (Å²) in [5, 5.41) is 0. The Kier molecular flexibility index (Phi) is 11.2. The molecule has 10 atom stereocenters. The van der Waals surface area contributed by atoms with Gasteiger partial charge in [-0.25, -0.2) is 8.78 Å². The van der Waals surface area contributed by atoms with E-state index in [-0.39, 0.29) is 26.4 Å². The molecule has 4 aliphatic heterocycles. The van der Waals surface area contributed by atoms with Gasteiger partial charge in [0.2, 0.25) is 0 Å². The molecule has 0 N–H and O–H groups in total. The first kappa shape index (κ1) is 36.5. The maximum atomic E-state index is 15.2. The zero-order chi connectivity index (χ0) is 35.6. The first-order valence-electron chi connectivity index (χ1n) is 17.4. The van der Waals surface area contributed by atoms with E-state index in [0.29, 0.717) is 0 Å². The fourth-order valence-corrected chi connectivity index (χ4v) is 6.99. The summed E-state index contributed by atoms with van der Waals surface area (Å²) in [6, 6.07) is 28.4. The minimum atomic E-state index is -2.95. The van der Waals surface area contributed by atoms with Crippen LogP contribution in [0.2, 0.25) is 0 Å². The summed E-state index contributed by atoms with van der Waals surface area (Å²) in [7, 11) is 0. The van der Waals surface area contributed by atoms with Crippen LogP contribution in [0.3, 0.4) is 0 Å². The van der Waals surface area contributed by atoms with Crippen LogP contribution >= 0.6 is 0 Å². The Labute approximate surface area is 297 Å². The van der Waals surface area contributed by atoms with Crippen molar-refractivity contribution in [3.05, 3.63) is 108 Å². The molecule has 4 heterocycles. The van der Waals surface area contributed by atoms with Gasteiger partial charge in [0.05, 0.1) is 26.4 Å². The number of alkyl halides is 2. The van der Waals surface area contributed by atoms with Crippen molar-refractivity contribution in [2.75, 3.05) is 6.61 Å². The zero-order valence-electron chi connectivity index (χ0n) is 29.2. The van der Waals surface area contributed by atoms with Crippen molar-refractivity contribution in [3.63, 3.8) is 0 Å². The molecule has 51 heavy (non-hydrogen) atoms. The minimum Gasteiger partial charge on any atom is -0.368 e. The van der Waals surface area contributed by atoms with Crippen LogP contribution in [0.25, 0.3) is 0 Å². The lowest BCUT2D eigenvalue weighted by Crippen LogP contribution is -2.63. The van der Waals surface area contributed by atoms with Crippen LogP contribution in [0.1, 0.15) is 44.4 Å². The highest BCUT2D eigenvalue weighted by atomic mass is 19.3. The molecule has 10 nitrogen and oxygen atoms in total. The average Bonchev–Trinajstić information content (AvgIpc) is 3.75. The van der Waals surface area contributed by atoms with E-state index in [9.17, 15) is 0 Å². The molecule has 0 bridgehead atoms. The molecule has 0 unspecified atom stereocenters. The fourth-order valence-electron chi connectivity index (χ4n) is 6.99. The van der Waals surface area contributed by atoms with E-state index in [0.717, 1.165) is 16.7 Å². The van der Waals surface area contributed by atoms with Crippen LogP contribution in [0.5, 0.6) is 0 Å². The Bertz CT molecular complexity index is 1530. The fraction of sp³-hybridized carbons (Fsp3) is 0.538. The molecule has 0 amide bonds. The van der Waals surface area contributed by atoms with E-state index in [2.05, 4.69) is 0 Å². The third-order valence-electron chi connectivity index (χ3n) is 9.35. The van der Waals surface area contributed by atoms with Gasteiger partial charge in [-0.1, -0.05) is 91.0 Å². The number of hydrogen-bond acceptors (Lipinski definition) is 10. The molecule has 12 heteroatoms. The molecule has 0 saturated carbocycles. The second kappa shape index (κ2) is 15.6. The third-order valence-corrected chi connectivity index (χ3v) is 9.35. The van der Waals surface area contributed by atoms with Crippen LogP contribution in [0.15, 0.2) is 91.0 Å². The topological polar surface area (TPSA) is 92.3 Å². The van der Waals surface area contributed by atoms with Crippen molar-refractivity contribution < 1.29 is 56.1 Å². The Hall–Kier alpha value is -2.88. The lowest BCUT2D eigenvalue weighted by Gasteiger charge is -2.46. The van der Waals surface area contributed by atoms with Crippen LogP contribution in [-0.2, 0) is 67.2 Å². The number of ether oxygens (including phenoxy) is 10. The highest BCUT2D eigenvalue weighted by molar-refractivity contribution is 5.16. The van der Waals surface area contributed by atoms with Gasteiger partial charge in [0.1, 0.15) is 42.7 Å². The highest BCUT2D eigenvalue weighted by Crippen LogP contribution is 2.44. The van der Waals surface area contributed by atoms with Gasteiger partial charge in [0, 0.05) is 0 Å². The maximum Gasteiger partial charge on any atom is 0.267 e. The van der Waals surface area contributed by atoms with Crippen LogP contribution < -0.4 is 0 Å². The number of halogens is 2. The highest BCUT2D eigenvalue weighted by Gasteiger charge is 2.61. The predicted octanol–water partition coefficient (Wildman–Crippen LogP) is 6.15. The van der Waals surface area contributed by atoms with Crippen LogP contribution in [0, 0.1) is 0 Å². The van der Waals surface area contributed by atoms with Crippen molar-refractivity contribution in [1.29, 1.82) is 0 Å². The Balaban J connectivity index is 1.23. The summed E-state index contributed by atoms with van der Waals surface area (Å²) < 4.78 is 93.5. The lowest BCUT2D eigenvalue weighted by molar-refractivity contribution is -0.353. The summed E-state index contributed by atoms with van der Waals surface area (Å²) in [4.78, 5) is 0. The Morgan fingerprint density at radius 3 is 1.65 bits per heavy atom. The van der Waals surface area contributed by atoms with E-state index < -0.39 is 79.4 Å². The standard InChI is InChI=1S/C39H46F2O10/c1-38(2)45-23-27(49-38)28-31(34-37(46-28)51-39(3,4)50-34)47-36-33(44-22-26-18-12-7-13-19-26)30(43-21-25-16-10-6-11-17-25)29(32(48-36)35(40)41)42-20-24-14-8-5-9-15-24/h5-19,27-37H,20-23H2,1-4H3/t27-,28-,29+,30+,31+,32+,33+,34-,36-,37-/m1/s1. The SMILES string of the molecule is CC1(C)O[C@H]2O[C@H]([C@H]3COC(C)(C)O3)[C@H](O[C@@H]3O[C@H](C(F)F)[C@@H](OCc4ccccc4)[C@H](OCc4ccccc4)[C@@H]3OCc3ccccc3)[C@H]2O1. The van der Waals surface area contributed by atoms with E-state index in [4.69, 9.17) is 47.4 Å². The van der Waals surface area contributed by atoms with Crippen molar-refractivity contribution in [2.45, 2.75) is 127 Å². The molecule has 276 valence electrons. The summed E-state index contributed by atoms with van der Waals surface area (Å²) in [5.41, 5.74) is 2.53. The van der Waals surface area contributed by atoms with Gasteiger partial charge >= 0.3 is 0 Å². The van der Waals surface area contributed by atoms with Gasteiger partial charge in [-0.15, -0.1) is 0 Å². The summed E-state index contributed by atoms with van der Waals surface area (Å²) >= 11 is 0. The molecule has 4 fully saturated rings. The smallest absolute Gasteiger partial charge is 0.267 e. The third kappa shape index (κ3) is 8.68. The lowest BCUT2D eigenvalue weighted by atomic mass is 9.97. The molecule has 3 aromatic carbocycles. The van der Waals surface area contributed by atoms with Gasteiger partial charge in [-0.3, -0.25) is 0 Å². The van der Waals surface area contributed by atoms with Crippen molar-refractivity contribution >= 4 is 0 Å². The van der Waals surface area contributed by atoms with E-state index in [1.807, 2.05) is 105 Å². The molecule has 4 saturated heterocycles. The van der Waals surface area contributed by atoms with Crippen LogP contribution in [-0.4, -0.2) is 86.0 Å². The molecule has 0 aromatic heterocycles. The monoisotopic (exact) mass is 712 g/mol. The maximum absolute atomic E-state index is 15.2. The summed E-state index contributed by atoms with van der Waals surface area (Å²) in [5.74, 6) is -1.84. The first-order valence-corrected chi connectivity index (χ1v) is 17.4. The normalized spacial score (nSPS) is 34.2. The quantitative estimate of drug-likeness (QED) is 0.206. The molecular formula is C39H46F2O10. The predicted molar refractivity (Wildman–Crippen MR) is 178 cm³/mol. The molecular weight excluding hydrogens is 666 g/mol. The zero-order valence-corrected chi connectivity index (χ0v) is 29.2. The molecule has 0 aliphatic carbocycles. The van der Waals surface area contributed by atoms with E-state index in [1.54, 1.807) is 13.8 Å². The largest absolute Gasteiger partial charge is 0.368 e. The second-order valence-electron chi connectivity index (χ2n) is 14.1. The minimum absolute atomic E-state index is 0.0531. The van der Waals surface area contributed by atoms with Gasteiger partial charge in [0.15, 0.2) is 30.3 Å². The summed E-state index contributed by atoms with van der Waals surface area (Å²) in [6.45, 7) is 7.68. The van der Waals surface area contributed by atoms with Crippen molar-refractivity contribution in [3.8, 4) is 0 Å². The average molecular weight is 713 g/mol. The van der Waals surface area contributed by atoms with Crippen LogP contribution in [0.4, 0.5) is 8.78 Å². The molecule has 3 aromatic rings. The van der Waals surface area contributed by atoms with Gasteiger partial charge < -0.3 is 47.4 Å². The number of benzene rings is 3. The molecule has 4 aliphatic rings. The molecule has 7 rings (SSSR count). The van der Waals surface area contributed by atoms with Crippen molar-refractivity contribution in [1.82, 2.24) is 0 Å². The van der Waals surface area contributed by atoms with Gasteiger partial charge in [0.25, 0.3) is 6.43 Å². The molecule has 0 spiro atoms. The Morgan fingerprint density at radius 1 is 0.608 bits per heavy atom. The second-order valence-corrected chi connectivity index (χ2v) is 14.1. The summed E-state index contributed by atoms with van der Waals surface area (Å²) in [6.07, 6.45) is -13.0. The Morgan fingerprint density at radius 2 is 1.14 bits per heavy atom. The van der Waals surface area contributed by atoms with Gasteiger partial charge in [-0.2, -0.15) is 0 Å². The van der Waals surface area contributed by atoms with Gasteiger partial charge in [-0.05, 0) is 44.4 Å². The molecule has 0 radical (unpaired) electrons. The van der Waals surface area contributed by atoms with E-state index >= 15 is 8.78 Å².